The van der Waals surface area contributed by atoms with Gasteiger partial charge in [0, 0.05) is 43.8 Å². The quantitative estimate of drug-likeness (QED) is 0.381. The normalized spacial score (nSPS) is 13.0. The summed E-state index contributed by atoms with van der Waals surface area (Å²) in [5.41, 5.74) is 10.0. The van der Waals surface area contributed by atoms with Crippen LogP contribution in [0.5, 0.6) is 0 Å². The molecule has 1 atom stereocenters. The van der Waals surface area contributed by atoms with Gasteiger partial charge in [-0.05, 0) is 24.0 Å². The largest absolute Gasteiger partial charge is 0.448 e. The molecule has 3 aromatic heterocycles. The number of nitrogens with two attached hydrogens (primary N) is 1. The number of likely N-dealkylation sites (N-methyl/N-ethyl adjacent to an activating group) is 1. The van der Waals surface area contributed by atoms with E-state index in [4.69, 9.17) is 10.2 Å². The second kappa shape index (κ2) is 12.8. The third kappa shape index (κ3) is 7.73. The fourth-order valence-corrected chi connectivity index (χ4v) is 3.24. The Balaban J connectivity index is 0.000000567. The molecule has 1 aliphatic carbocycles. The van der Waals surface area contributed by atoms with Crippen molar-refractivity contribution in [1.29, 1.82) is 0 Å². The molecular formula is C28H37N7O2. The lowest BCUT2D eigenvalue weighted by Gasteiger charge is -2.09. The second-order valence-electron chi connectivity index (χ2n) is 9.14. The monoisotopic (exact) mass is 503 g/mol. The van der Waals surface area contributed by atoms with Crippen molar-refractivity contribution in [2.45, 2.75) is 53.0 Å². The number of rotatable bonds is 6. The van der Waals surface area contributed by atoms with Gasteiger partial charge in [-0.25, -0.2) is 15.0 Å². The van der Waals surface area contributed by atoms with E-state index in [0.717, 1.165) is 28.2 Å². The van der Waals surface area contributed by atoms with E-state index in [1.54, 1.807) is 49.8 Å². The zero-order valence-corrected chi connectivity index (χ0v) is 22.5. The highest BCUT2D eigenvalue weighted by Gasteiger charge is 2.17. The summed E-state index contributed by atoms with van der Waals surface area (Å²) in [5, 5.41) is 4.24. The summed E-state index contributed by atoms with van der Waals surface area (Å²) < 4.78 is 7.33. The van der Waals surface area contributed by atoms with Crippen molar-refractivity contribution < 1.29 is 9.21 Å². The van der Waals surface area contributed by atoms with E-state index in [9.17, 15) is 4.79 Å². The van der Waals surface area contributed by atoms with Crippen molar-refractivity contribution in [3.63, 3.8) is 0 Å². The van der Waals surface area contributed by atoms with Crippen LogP contribution in [-0.4, -0.2) is 49.6 Å². The number of benzene rings is 1. The predicted molar refractivity (Wildman–Crippen MR) is 146 cm³/mol. The fourth-order valence-electron chi connectivity index (χ4n) is 3.24. The summed E-state index contributed by atoms with van der Waals surface area (Å²) in [5.74, 6) is 1.88. The smallest absolute Gasteiger partial charge is 0.243 e. The molecule has 9 nitrogen and oxygen atoms in total. The Morgan fingerprint density at radius 3 is 2.27 bits per heavy atom. The molecule has 5 rings (SSSR count). The molecule has 1 fully saturated rings. The van der Waals surface area contributed by atoms with E-state index in [1.165, 1.54) is 17.7 Å². The number of carbonyl (C=O) groups excluding carboxylic acids is 1. The summed E-state index contributed by atoms with van der Waals surface area (Å²) in [6.07, 6.45) is 11.5. The van der Waals surface area contributed by atoms with E-state index in [2.05, 4.69) is 27.0 Å². The number of amides is 1. The molecule has 2 N–H and O–H groups in total. The van der Waals surface area contributed by atoms with Crippen molar-refractivity contribution >= 4 is 11.9 Å². The van der Waals surface area contributed by atoms with Gasteiger partial charge < -0.3 is 15.1 Å². The lowest BCUT2D eigenvalue weighted by molar-refractivity contribution is -0.129. The maximum absolute atomic E-state index is 11.9. The van der Waals surface area contributed by atoms with Crippen LogP contribution in [0, 0.1) is 5.92 Å². The molecule has 0 spiro atoms. The Labute approximate surface area is 218 Å². The number of carbonyl (C=O) groups is 1. The Morgan fingerprint density at radius 2 is 1.70 bits per heavy atom. The lowest BCUT2D eigenvalue weighted by atomic mass is 9.98. The van der Waals surface area contributed by atoms with Crippen LogP contribution in [0.4, 0.5) is 5.95 Å². The van der Waals surface area contributed by atoms with Crippen LogP contribution in [0.15, 0.2) is 59.7 Å². The van der Waals surface area contributed by atoms with E-state index in [-0.39, 0.29) is 24.3 Å². The third-order valence-electron chi connectivity index (χ3n) is 5.90. The van der Waals surface area contributed by atoms with Crippen LogP contribution in [0.3, 0.4) is 0 Å². The number of nitrogen functional groups attached to an aromatic ring is 1. The van der Waals surface area contributed by atoms with Gasteiger partial charge in [-0.2, -0.15) is 5.10 Å². The molecule has 1 aliphatic rings. The molecule has 37 heavy (non-hydrogen) atoms. The van der Waals surface area contributed by atoms with E-state index in [0.29, 0.717) is 11.6 Å². The molecule has 1 aromatic carbocycles. The summed E-state index contributed by atoms with van der Waals surface area (Å²) in [6.45, 7) is 8.50. The SMILES string of the molecule is CC.CC(c1ccc(-c2cnc(N)nc2)cc1)c1nc(-c2cnn(CC(=O)N(C)C)c2)co1.CC1CC1. The molecule has 0 bridgehead atoms. The van der Waals surface area contributed by atoms with Crippen molar-refractivity contribution in [3.05, 3.63) is 66.8 Å². The summed E-state index contributed by atoms with van der Waals surface area (Å²) in [6, 6.07) is 8.09. The first-order valence-electron chi connectivity index (χ1n) is 12.7. The number of nitrogens with zero attached hydrogens (tertiary/aromatic N) is 6. The van der Waals surface area contributed by atoms with Gasteiger partial charge in [0.05, 0.1) is 12.1 Å². The van der Waals surface area contributed by atoms with E-state index < -0.39 is 0 Å². The lowest BCUT2D eigenvalue weighted by Crippen LogP contribution is -2.26. The van der Waals surface area contributed by atoms with Gasteiger partial charge in [0.25, 0.3) is 0 Å². The van der Waals surface area contributed by atoms with Gasteiger partial charge in [-0.15, -0.1) is 0 Å². The number of oxazole rings is 1. The molecule has 1 amide bonds. The molecular weight excluding hydrogens is 466 g/mol. The first-order chi connectivity index (χ1) is 17.8. The van der Waals surface area contributed by atoms with Crippen LogP contribution in [0.25, 0.3) is 22.4 Å². The highest BCUT2D eigenvalue weighted by molar-refractivity contribution is 5.75. The molecule has 4 aromatic rings. The minimum absolute atomic E-state index is 0.0295. The predicted octanol–water partition coefficient (Wildman–Crippen LogP) is 5.26. The summed E-state index contributed by atoms with van der Waals surface area (Å²) in [7, 11) is 3.43. The average Bonchev–Trinajstić information content (AvgIpc) is 3.34. The average molecular weight is 504 g/mol. The Hall–Kier alpha value is -4.01. The summed E-state index contributed by atoms with van der Waals surface area (Å²) >= 11 is 0. The van der Waals surface area contributed by atoms with Gasteiger partial charge in [0.1, 0.15) is 18.5 Å². The van der Waals surface area contributed by atoms with Crippen LogP contribution >= 0.6 is 0 Å². The zero-order chi connectivity index (χ0) is 26.9. The number of hydrogen-bond acceptors (Lipinski definition) is 7. The third-order valence-corrected chi connectivity index (χ3v) is 5.90. The Bertz CT molecular complexity index is 1260. The standard InChI is InChI=1S/C22H23N7O2.C4H8.C2H6/c1-14(15-4-6-16(7-5-15)17-8-24-22(23)25-9-17)21-27-19(13-31-21)18-10-26-29(11-18)12-20(30)28(2)3;1-4-2-3-4;1-2/h4-11,13-14H,12H2,1-3H3,(H2,23,24,25);4H,2-3H2,1H3;1-2H3. The highest BCUT2D eigenvalue weighted by atomic mass is 16.3. The molecule has 196 valence electrons. The maximum atomic E-state index is 11.9. The number of anilines is 1. The topological polar surface area (TPSA) is 116 Å². The number of aromatic nitrogens is 5. The molecule has 9 heteroatoms. The molecule has 0 saturated heterocycles. The van der Waals surface area contributed by atoms with Crippen LogP contribution in [0.2, 0.25) is 0 Å². The summed E-state index contributed by atoms with van der Waals surface area (Å²) in [4.78, 5) is 26.1. The Kier molecular flexibility index (Phi) is 9.54. The van der Waals surface area contributed by atoms with Crippen LogP contribution in [0.1, 0.15) is 57.9 Å². The zero-order valence-electron chi connectivity index (χ0n) is 22.5. The van der Waals surface area contributed by atoms with Crippen molar-refractivity contribution in [1.82, 2.24) is 29.6 Å². The minimum Gasteiger partial charge on any atom is -0.448 e. The van der Waals surface area contributed by atoms with Gasteiger partial charge in [0.15, 0.2) is 0 Å². The van der Waals surface area contributed by atoms with Gasteiger partial charge in [0.2, 0.25) is 17.7 Å². The Morgan fingerprint density at radius 1 is 1.08 bits per heavy atom. The van der Waals surface area contributed by atoms with Crippen LogP contribution in [-0.2, 0) is 11.3 Å². The van der Waals surface area contributed by atoms with Gasteiger partial charge >= 0.3 is 0 Å². The highest BCUT2D eigenvalue weighted by Crippen LogP contribution is 2.29. The van der Waals surface area contributed by atoms with Gasteiger partial charge in [-0.1, -0.05) is 57.9 Å². The van der Waals surface area contributed by atoms with E-state index >= 15 is 0 Å². The molecule has 0 radical (unpaired) electrons. The molecule has 3 heterocycles. The second-order valence-corrected chi connectivity index (χ2v) is 9.14. The first-order valence-corrected chi connectivity index (χ1v) is 12.7. The molecule has 1 unspecified atom stereocenters. The van der Waals surface area contributed by atoms with Crippen molar-refractivity contribution in [2.24, 2.45) is 5.92 Å². The van der Waals surface area contributed by atoms with Crippen molar-refractivity contribution in [3.8, 4) is 22.4 Å². The number of hydrogen-bond donors (Lipinski definition) is 1. The first kappa shape index (κ1) is 27.6. The van der Waals surface area contributed by atoms with Crippen molar-refractivity contribution in [2.75, 3.05) is 19.8 Å². The van der Waals surface area contributed by atoms with E-state index in [1.807, 2.05) is 45.0 Å². The molecule has 0 aliphatic heterocycles. The van der Waals surface area contributed by atoms with Crippen LogP contribution < -0.4 is 5.73 Å². The van der Waals surface area contributed by atoms with Gasteiger partial charge in [-0.3, -0.25) is 9.48 Å². The minimum atomic E-state index is -0.0316. The fraction of sp³-hybridized carbons (Fsp3) is 0.393. The molecule has 1 saturated carbocycles. The maximum Gasteiger partial charge on any atom is 0.243 e.